The van der Waals surface area contributed by atoms with E-state index in [0.717, 1.165) is 11.3 Å². The molecule has 1 fully saturated rings. The standard InChI is InChI=1S/C20H22N2O2/c1-21(14-15-9-5-3-6-10-15)19(23)17-13-18(17)20(24)22(2)16-11-7-4-8-12-16/h3-12,17-18H,13-14H2,1-2H3. The number of rotatable bonds is 5. The van der Waals surface area contributed by atoms with Crippen LogP contribution in [0.25, 0.3) is 0 Å². The quantitative estimate of drug-likeness (QED) is 0.849. The molecule has 0 aromatic heterocycles. The van der Waals surface area contributed by atoms with Gasteiger partial charge in [0.25, 0.3) is 0 Å². The summed E-state index contributed by atoms with van der Waals surface area (Å²) in [4.78, 5) is 28.5. The van der Waals surface area contributed by atoms with Crippen LogP contribution in [-0.4, -0.2) is 30.8 Å². The number of hydrogen-bond donors (Lipinski definition) is 0. The van der Waals surface area contributed by atoms with Crippen molar-refractivity contribution in [2.24, 2.45) is 11.8 Å². The molecule has 0 spiro atoms. The van der Waals surface area contributed by atoms with Gasteiger partial charge in [0.1, 0.15) is 0 Å². The predicted octanol–water partition coefficient (Wildman–Crippen LogP) is 2.94. The Morgan fingerprint density at radius 2 is 1.42 bits per heavy atom. The van der Waals surface area contributed by atoms with Gasteiger partial charge in [0, 0.05) is 26.3 Å². The number of amides is 2. The van der Waals surface area contributed by atoms with Gasteiger partial charge in [-0.25, -0.2) is 0 Å². The SMILES string of the molecule is CN(Cc1ccccc1)C(=O)C1CC1C(=O)N(C)c1ccccc1. The first kappa shape index (κ1) is 16.2. The molecule has 0 heterocycles. The molecule has 0 aliphatic heterocycles. The van der Waals surface area contributed by atoms with Crippen LogP contribution in [-0.2, 0) is 16.1 Å². The van der Waals surface area contributed by atoms with Crippen LogP contribution in [0, 0.1) is 11.8 Å². The maximum absolute atomic E-state index is 12.6. The molecule has 4 nitrogen and oxygen atoms in total. The first-order chi connectivity index (χ1) is 11.6. The van der Waals surface area contributed by atoms with Crippen LogP contribution < -0.4 is 4.90 Å². The van der Waals surface area contributed by atoms with Crippen molar-refractivity contribution in [3.8, 4) is 0 Å². The van der Waals surface area contributed by atoms with E-state index in [2.05, 4.69) is 0 Å². The summed E-state index contributed by atoms with van der Waals surface area (Å²) in [5, 5.41) is 0. The minimum atomic E-state index is -0.194. The van der Waals surface area contributed by atoms with E-state index in [1.165, 1.54) is 0 Å². The number of anilines is 1. The highest BCUT2D eigenvalue weighted by molar-refractivity contribution is 6.00. The van der Waals surface area contributed by atoms with Gasteiger partial charge in [-0.2, -0.15) is 0 Å². The molecule has 0 bridgehead atoms. The molecule has 1 saturated carbocycles. The summed E-state index contributed by atoms with van der Waals surface area (Å²) in [6.45, 7) is 0.575. The van der Waals surface area contributed by atoms with Crippen molar-refractivity contribution in [3.05, 3.63) is 66.2 Å². The molecular formula is C20H22N2O2. The summed E-state index contributed by atoms with van der Waals surface area (Å²) in [5.41, 5.74) is 1.96. The van der Waals surface area contributed by atoms with Gasteiger partial charge in [-0.1, -0.05) is 48.5 Å². The topological polar surface area (TPSA) is 40.6 Å². The van der Waals surface area contributed by atoms with E-state index in [9.17, 15) is 9.59 Å². The number of para-hydroxylation sites is 1. The summed E-state index contributed by atoms with van der Waals surface area (Å²) < 4.78 is 0. The highest BCUT2D eigenvalue weighted by Gasteiger charge is 2.50. The van der Waals surface area contributed by atoms with Crippen molar-refractivity contribution < 1.29 is 9.59 Å². The third kappa shape index (κ3) is 3.48. The highest BCUT2D eigenvalue weighted by Crippen LogP contribution is 2.41. The van der Waals surface area contributed by atoms with E-state index in [1.807, 2.05) is 60.7 Å². The van der Waals surface area contributed by atoms with E-state index in [4.69, 9.17) is 0 Å². The Hall–Kier alpha value is -2.62. The Kier molecular flexibility index (Phi) is 4.65. The average Bonchev–Trinajstić information content (AvgIpc) is 3.42. The lowest BCUT2D eigenvalue weighted by atomic mass is 10.2. The van der Waals surface area contributed by atoms with E-state index in [-0.39, 0.29) is 23.7 Å². The van der Waals surface area contributed by atoms with Gasteiger partial charge < -0.3 is 9.80 Å². The molecule has 2 aromatic carbocycles. The first-order valence-corrected chi connectivity index (χ1v) is 8.19. The lowest BCUT2D eigenvalue weighted by molar-refractivity contribution is -0.133. The summed E-state index contributed by atoms with van der Waals surface area (Å²) in [5.74, 6) is -0.301. The number of nitrogens with zero attached hydrogens (tertiary/aromatic N) is 2. The van der Waals surface area contributed by atoms with E-state index >= 15 is 0 Å². The molecule has 2 aromatic rings. The summed E-state index contributed by atoms with van der Waals surface area (Å²) in [6.07, 6.45) is 0.647. The first-order valence-electron chi connectivity index (χ1n) is 8.19. The maximum atomic E-state index is 12.6. The molecule has 4 heteroatoms. The van der Waals surface area contributed by atoms with Crippen LogP contribution in [0.4, 0.5) is 5.69 Å². The Labute approximate surface area is 142 Å². The third-order valence-corrected chi connectivity index (χ3v) is 4.54. The van der Waals surface area contributed by atoms with Gasteiger partial charge in [0.2, 0.25) is 11.8 Å². The van der Waals surface area contributed by atoms with Gasteiger partial charge in [-0.3, -0.25) is 9.59 Å². The molecule has 0 radical (unpaired) electrons. The molecule has 1 aliphatic carbocycles. The van der Waals surface area contributed by atoms with Crippen molar-refractivity contribution in [2.75, 3.05) is 19.0 Å². The van der Waals surface area contributed by atoms with E-state index < -0.39 is 0 Å². The molecule has 3 rings (SSSR count). The van der Waals surface area contributed by atoms with Crippen LogP contribution in [0.2, 0.25) is 0 Å². The monoisotopic (exact) mass is 322 g/mol. The summed E-state index contributed by atoms with van der Waals surface area (Å²) in [6, 6.07) is 19.4. The summed E-state index contributed by atoms with van der Waals surface area (Å²) >= 11 is 0. The fourth-order valence-corrected chi connectivity index (χ4v) is 2.99. The Balaban J connectivity index is 1.58. The van der Waals surface area contributed by atoms with Crippen molar-refractivity contribution >= 4 is 17.5 Å². The Morgan fingerprint density at radius 1 is 0.875 bits per heavy atom. The van der Waals surface area contributed by atoms with Crippen molar-refractivity contribution in [3.63, 3.8) is 0 Å². The molecule has 2 unspecified atom stereocenters. The third-order valence-electron chi connectivity index (χ3n) is 4.54. The highest BCUT2D eigenvalue weighted by atomic mass is 16.2. The zero-order valence-corrected chi connectivity index (χ0v) is 14.1. The molecule has 0 saturated heterocycles. The second-order valence-electron chi connectivity index (χ2n) is 6.36. The van der Waals surface area contributed by atoms with Crippen molar-refractivity contribution in [1.29, 1.82) is 0 Å². The molecule has 124 valence electrons. The lowest BCUT2D eigenvalue weighted by Crippen LogP contribution is -2.32. The number of benzene rings is 2. The Bertz CT molecular complexity index is 715. The Morgan fingerprint density at radius 3 is 2.04 bits per heavy atom. The van der Waals surface area contributed by atoms with Crippen LogP contribution in [0.15, 0.2) is 60.7 Å². The predicted molar refractivity (Wildman–Crippen MR) is 94.4 cm³/mol. The molecule has 2 amide bonds. The molecule has 24 heavy (non-hydrogen) atoms. The maximum Gasteiger partial charge on any atom is 0.230 e. The van der Waals surface area contributed by atoms with Gasteiger partial charge in [-0.05, 0) is 24.1 Å². The van der Waals surface area contributed by atoms with Crippen molar-refractivity contribution in [2.45, 2.75) is 13.0 Å². The largest absolute Gasteiger partial charge is 0.341 e. The number of carbonyl (C=O) groups is 2. The molecule has 1 aliphatic rings. The fourth-order valence-electron chi connectivity index (χ4n) is 2.99. The van der Waals surface area contributed by atoms with E-state index in [0.29, 0.717) is 13.0 Å². The van der Waals surface area contributed by atoms with Gasteiger partial charge in [-0.15, -0.1) is 0 Å². The zero-order valence-electron chi connectivity index (χ0n) is 14.1. The minimum absolute atomic E-state index is 0.0210. The smallest absolute Gasteiger partial charge is 0.230 e. The minimum Gasteiger partial charge on any atom is -0.341 e. The van der Waals surface area contributed by atoms with Gasteiger partial charge in [0.15, 0.2) is 0 Å². The lowest BCUT2D eigenvalue weighted by Gasteiger charge is -2.19. The number of hydrogen-bond acceptors (Lipinski definition) is 2. The van der Waals surface area contributed by atoms with Crippen LogP contribution >= 0.6 is 0 Å². The van der Waals surface area contributed by atoms with Crippen LogP contribution in [0.1, 0.15) is 12.0 Å². The van der Waals surface area contributed by atoms with E-state index in [1.54, 1.807) is 23.9 Å². The molecule has 2 atom stereocenters. The average molecular weight is 322 g/mol. The zero-order chi connectivity index (χ0) is 17.1. The van der Waals surface area contributed by atoms with Gasteiger partial charge in [0.05, 0.1) is 11.8 Å². The summed E-state index contributed by atoms with van der Waals surface area (Å²) in [7, 11) is 3.57. The second kappa shape index (κ2) is 6.87. The van der Waals surface area contributed by atoms with Crippen LogP contribution in [0.3, 0.4) is 0 Å². The van der Waals surface area contributed by atoms with Crippen molar-refractivity contribution in [1.82, 2.24) is 4.90 Å². The second-order valence-corrected chi connectivity index (χ2v) is 6.36. The number of carbonyl (C=O) groups excluding carboxylic acids is 2. The molecular weight excluding hydrogens is 300 g/mol. The van der Waals surface area contributed by atoms with Crippen LogP contribution in [0.5, 0.6) is 0 Å². The molecule has 0 N–H and O–H groups in total. The normalized spacial score (nSPS) is 18.8. The van der Waals surface area contributed by atoms with Gasteiger partial charge >= 0.3 is 0 Å². The fraction of sp³-hybridized carbons (Fsp3) is 0.300.